The first-order valence-corrected chi connectivity index (χ1v) is 15.2. The molecule has 10 heteroatoms. The molecule has 2 atom stereocenters. The maximum absolute atomic E-state index is 14.5. The van der Waals surface area contributed by atoms with Crippen LogP contribution in [0.25, 0.3) is 11.3 Å². The van der Waals surface area contributed by atoms with E-state index in [-0.39, 0.29) is 30.5 Å². The number of nitrogens with one attached hydrogen (secondary N) is 3. The second-order valence-electron chi connectivity index (χ2n) is 10.6. The number of hydrogen-bond donors (Lipinski definition) is 3. The van der Waals surface area contributed by atoms with Crippen molar-refractivity contribution in [1.29, 1.82) is 0 Å². The number of likely N-dealkylation sites (tertiary alicyclic amines) is 1. The molecule has 8 nitrogen and oxygen atoms in total. The number of aromatic amines is 1. The van der Waals surface area contributed by atoms with Crippen LogP contribution in [0.3, 0.4) is 0 Å². The highest BCUT2D eigenvalue weighted by molar-refractivity contribution is 7.89. The maximum atomic E-state index is 14.5. The predicted octanol–water partition coefficient (Wildman–Crippen LogP) is 4.51. The predicted molar refractivity (Wildman–Crippen MR) is 149 cm³/mol. The van der Waals surface area contributed by atoms with Gasteiger partial charge in [0, 0.05) is 30.3 Å². The molecule has 0 bridgehead atoms. The smallest absolute Gasteiger partial charge is 0.238 e. The topological polar surface area (TPSA) is 107 Å². The number of halogens is 1. The van der Waals surface area contributed by atoms with Gasteiger partial charge >= 0.3 is 0 Å². The second kappa shape index (κ2) is 13.4. The second-order valence-corrected chi connectivity index (χ2v) is 12.5. The van der Waals surface area contributed by atoms with E-state index in [1.54, 1.807) is 6.07 Å². The lowest BCUT2D eigenvalue weighted by atomic mass is 10.0. The van der Waals surface area contributed by atoms with Gasteiger partial charge in [0.05, 0.1) is 24.2 Å². The third-order valence-electron chi connectivity index (χ3n) is 7.04. The molecular weight excluding hydrogens is 505 g/mol. The summed E-state index contributed by atoms with van der Waals surface area (Å²) in [7, 11) is -3.67. The van der Waals surface area contributed by atoms with Gasteiger partial charge in [0.2, 0.25) is 15.9 Å². The third-order valence-corrected chi connectivity index (χ3v) is 8.46. The van der Waals surface area contributed by atoms with Crippen molar-refractivity contribution in [3.8, 4) is 11.3 Å². The zero-order chi connectivity index (χ0) is 27.9. The zero-order valence-electron chi connectivity index (χ0n) is 23.0. The molecule has 0 saturated carbocycles. The van der Waals surface area contributed by atoms with Crippen molar-refractivity contribution in [2.24, 2.45) is 5.92 Å². The van der Waals surface area contributed by atoms with Crippen LogP contribution in [0.15, 0.2) is 36.7 Å². The van der Waals surface area contributed by atoms with Gasteiger partial charge < -0.3 is 15.2 Å². The molecule has 1 aromatic carbocycles. The molecule has 1 aliphatic heterocycles. The first-order chi connectivity index (χ1) is 18.0. The third kappa shape index (κ3) is 8.39. The van der Waals surface area contributed by atoms with E-state index in [1.807, 2.05) is 26.8 Å². The number of carbonyl (C=O) groups excluding carboxylic acids is 1. The minimum absolute atomic E-state index is 0.0459. The number of nitrogens with zero attached hydrogens (tertiary/aromatic N) is 2. The average Bonchev–Trinajstić information content (AvgIpc) is 3.34. The van der Waals surface area contributed by atoms with Crippen LogP contribution in [0.5, 0.6) is 0 Å². The summed E-state index contributed by atoms with van der Waals surface area (Å²) in [6, 6.07) is 4.38. The minimum atomic E-state index is -3.67. The van der Waals surface area contributed by atoms with Crippen molar-refractivity contribution in [3.63, 3.8) is 0 Å². The highest BCUT2D eigenvalue weighted by Crippen LogP contribution is 2.24. The van der Waals surface area contributed by atoms with E-state index >= 15 is 0 Å². The first-order valence-electron chi connectivity index (χ1n) is 13.5. The summed E-state index contributed by atoms with van der Waals surface area (Å²) < 4.78 is 42.7. The van der Waals surface area contributed by atoms with Gasteiger partial charge in [-0.15, -0.1) is 0 Å². The van der Waals surface area contributed by atoms with Gasteiger partial charge in [-0.05, 0) is 62.6 Å². The highest BCUT2D eigenvalue weighted by Gasteiger charge is 2.28. The number of rotatable bonds is 13. The Balaban J connectivity index is 1.70. The molecule has 1 fully saturated rings. The summed E-state index contributed by atoms with van der Waals surface area (Å²) in [5, 5.41) is 2.79. The molecule has 0 aliphatic carbocycles. The first kappa shape index (κ1) is 29.8. The van der Waals surface area contributed by atoms with Crippen molar-refractivity contribution in [2.75, 3.05) is 12.3 Å². The zero-order valence-corrected chi connectivity index (χ0v) is 23.8. The van der Waals surface area contributed by atoms with E-state index in [9.17, 15) is 17.6 Å². The van der Waals surface area contributed by atoms with E-state index < -0.39 is 22.0 Å². The van der Waals surface area contributed by atoms with E-state index in [0.29, 0.717) is 29.5 Å². The molecule has 38 heavy (non-hydrogen) atoms. The Morgan fingerprint density at radius 3 is 2.74 bits per heavy atom. The lowest BCUT2D eigenvalue weighted by molar-refractivity contribution is -0.123. The van der Waals surface area contributed by atoms with Crippen LogP contribution in [0.4, 0.5) is 4.39 Å². The molecule has 0 unspecified atom stereocenters. The number of imidazole rings is 1. The monoisotopic (exact) mass is 547 g/mol. The number of H-pyrrole nitrogens is 1. The molecule has 3 N–H and O–H groups in total. The van der Waals surface area contributed by atoms with Crippen LogP contribution >= 0.6 is 0 Å². The van der Waals surface area contributed by atoms with Crippen LogP contribution < -0.4 is 10.0 Å². The molecule has 2 heterocycles. The Hall–Kier alpha value is -2.72. The molecule has 2 aromatic rings. The van der Waals surface area contributed by atoms with Crippen LogP contribution in [-0.4, -0.2) is 53.6 Å². The minimum Gasteiger partial charge on any atom is -0.373 e. The Morgan fingerprint density at radius 2 is 2.08 bits per heavy atom. The lowest BCUT2D eigenvalue weighted by Gasteiger charge is -2.37. The number of sulfonamides is 1. The molecule has 1 aliphatic rings. The fourth-order valence-electron chi connectivity index (χ4n) is 4.66. The number of hydrogen-bond acceptors (Lipinski definition) is 5. The average molecular weight is 548 g/mol. The van der Waals surface area contributed by atoms with Gasteiger partial charge in [-0.2, -0.15) is 0 Å². The number of aromatic nitrogens is 2. The van der Waals surface area contributed by atoms with E-state index in [1.165, 1.54) is 12.3 Å². The van der Waals surface area contributed by atoms with Gasteiger partial charge in [0.25, 0.3) is 0 Å². The summed E-state index contributed by atoms with van der Waals surface area (Å²) in [4.78, 5) is 22.7. The highest BCUT2D eigenvalue weighted by atomic mass is 32.2. The standard InChI is InChI=1S/C28H42FN5O3S/c1-6-22-10-11-23(24(29)16-22)26-17-30-27(32-26)18-31-28(35)25(33-38(36,37)14-12-19(2)3)15-21(5)34-13-8-7-9-20(34)4/h10-11,16-17,19-20,25,33H,5-9,12-15,18H2,1-4H3,(H,30,32)(H,31,35)/t20-,25-/m0/s1. The van der Waals surface area contributed by atoms with Gasteiger partial charge in [-0.25, -0.2) is 22.5 Å². The Morgan fingerprint density at radius 1 is 1.32 bits per heavy atom. The van der Waals surface area contributed by atoms with Crippen LogP contribution in [0.2, 0.25) is 0 Å². The molecule has 0 radical (unpaired) electrons. The van der Waals surface area contributed by atoms with Crippen molar-refractivity contribution in [3.05, 3.63) is 53.9 Å². The van der Waals surface area contributed by atoms with E-state index in [0.717, 1.165) is 43.5 Å². The van der Waals surface area contributed by atoms with Crippen LogP contribution in [0, 0.1) is 11.7 Å². The van der Waals surface area contributed by atoms with Crippen LogP contribution in [-0.2, 0) is 27.8 Å². The molecule has 1 amide bonds. The number of amides is 1. The van der Waals surface area contributed by atoms with Gasteiger partial charge in [0.1, 0.15) is 17.7 Å². The van der Waals surface area contributed by atoms with E-state index in [2.05, 4.69) is 38.4 Å². The summed E-state index contributed by atoms with van der Waals surface area (Å²) in [5.41, 5.74) is 2.55. The molecule has 1 aromatic heterocycles. The normalized spacial score (nSPS) is 17.0. The Kier molecular flexibility index (Phi) is 10.5. The largest absolute Gasteiger partial charge is 0.373 e. The van der Waals surface area contributed by atoms with Crippen molar-refractivity contribution in [1.82, 2.24) is 24.9 Å². The fourth-order valence-corrected chi connectivity index (χ4v) is 6.18. The van der Waals surface area contributed by atoms with E-state index in [4.69, 9.17) is 0 Å². The Bertz CT molecular complexity index is 1210. The Labute approximate surface area is 226 Å². The van der Waals surface area contributed by atoms with Gasteiger partial charge in [-0.3, -0.25) is 4.79 Å². The summed E-state index contributed by atoms with van der Waals surface area (Å²) in [6.45, 7) is 13.1. The van der Waals surface area contributed by atoms with Crippen molar-refractivity contribution in [2.45, 2.75) is 84.8 Å². The van der Waals surface area contributed by atoms with Crippen LogP contribution in [0.1, 0.15) is 71.2 Å². The quantitative estimate of drug-likeness (QED) is 0.342. The van der Waals surface area contributed by atoms with Crippen molar-refractivity contribution >= 4 is 15.9 Å². The molecular formula is C28H42FN5O3S. The molecule has 3 rings (SSSR count). The number of piperidine rings is 1. The number of carbonyl (C=O) groups is 1. The summed E-state index contributed by atoms with van der Waals surface area (Å²) in [6.07, 6.45) is 6.17. The van der Waals surface area contributed by atoms with Crippen molar-refractivity contribution < 1.29 is 17.6 Å². The van der Waals surface area contributed by atoms with Gasteiger partial charge in [-0.1, -0.05) is 33.4 Å². The molecule has 0 spiro atoms. The maximum Gasteiger partial charge on any atom is 0.238 e. The molecule has 1 saturated heterocycles. The molecule has 210 valence electrons. The fraction of sp³-hybridized carbons (Fsp3) is 0.571. The lowest BCUT2D eigenvalue weighted by Crippen LogP contribution is -2.49. The van der Waals surface area contributed by atoms with Gasteiger partial charge in [0.15, 0.2) is 0 Å². The number of benzene rings is 1. The number of aryl methyl sites for hydroxylation is 1. The summed E-state index contributed by atoms with van der Waals surface area (Å²) in [5.74, 6) is -0.188. The SMILES string of the molecule is C=C(C[C@H](NS(=O)(=O)CCC(C)C)C(=O)NCc1ncc(-c2ccc(CC)cc2F)[nH]1)N1CCCC[C@@H]1C. The summed E-state index contributed by atoms with van der Waals surface area (Å²) >= 11 is 0.